The molecule has 0 amide bonds. The number of carbonyl (C=O) groups excluding carboxylic acids is 1. The quantitative estimate of drug-likeness (QED) is 0.120. The Morgan fingerprint density at radius 1 is 0.741 bits per heavy atom. The van der Waals surface area contributed by atoms with Gasteiger partial charge in [-0.05, 0) is 19.3 Å². The van der Waals surface area contributed by atoms with Gasteiger partial charge in [0.05, 0.1) is 6.61 Å². The molecular weight excluding hydrogens is 332 g/mol. The topological polar surface area (TPSA) is 26.3 Å². The van der Waals surface area contributed by atoms with Gasteiger partial charge in [0.2, 0.25) is 0 Å². The van der Waals surface area contributed by atoms with Crippen molar-refractivity contribution in [2.75, 3.05) is 6.61 Å². The molecular formula is C25H48O2. The van der Waals surface area contributed by atoms with E-state index in [0.717, 1.165) is 6.42 Å². The van der Waals surface area contributed by atoms with E-state index in [1.165, 1.54) is 103 Å². The smallest absolute Gasteiger partial charge is 0.333 e. The molecule has 0 aliphatic heterocycles. The Bertz CT molecular complexity index is 348. The van der Waals surface area contributed by atoms with Crippen LogP contribution in [0, 0.1) is 5.92 Å². The summed E-state index contributed by atoms with van der Waals surface area (Å²) >= 11 is 0. The summed E-state index contributed by atoms with van der Waals surface area (Å²) in [5, 5.41) is 0. The van der Waals surface area contributed by atoms with Gasteiger partial charge in [0.1, 0.15) is 0 Å². The van der Waals surface area contributed by atoms with Gasteiger partial charge in [-0.15, -0.1) is 0 Å². The Morgan fingerprint density at radius 2 is 1.11 bits per heavy atom. The van der Waals surface area contributed by atoms with E-state index in [9.17, 15) is 4.79 Å². The third-order valence-electron chi connectivity index (χ3n) is 5.40. The first kappa shape index (κ1) is 26.2. The lowest BCUT2D eigenvalue weighted by molar-refractivity contribution is -0.140. The maximum atomic E-state index is 11.3. The van der Waals surface area contributed by atoms with Gasteiger partial charge in [0.15, 0.2) is 0 Å². The third-order valence-corrected chi connectivity index (χ3v) is 5.40. The molecule has 0 N–H and O–H groups in total. The van der Waals surface area contributed by atoms with Crippen LogP contribution in [0.2, 0.25) is 0 Å². The second kappa shape index (κ2) is 20.0. The molecule has 0 fully saturated rings. The third kappa shape index (κ3) is 19.8. The fourth-order valence-electron chi connectivity index (χ4n) is 3.47. The molecule has 1 unspecified atom stereocenters. The Labute approximate surface area is 170 Å². The molecule has 0 heterocycles. The molecule has 0 rings (SSSR count). The highest BCUT2D eigenvalue weighted by Gasteiger charge is 2.07. The van der Waals surface area contributed by atoms with Crippen LogP contribution >= 0.6 is 0 Å². The second-order valence-electron chi connectivity index (χ2n) is 8.58. The molecule has 0 saturated heterocycles. The van der Waals surface area contributed by atoms with Crippen LogP contribution in [-0.2, 0) is 9.53 Å². The minimum absolute atomic E-state index is 0.256. The van der Waals surface area contributed by atoms with Crippen LogP contribution in [-0.4, -0.2) is 12.6 Å². The van der Waals surface area contributed by atoms with E-state index in [0.29, 0.717) is 18.1 Å². The van der Waals surface area contributed by atoms with Crippen molar-refractivity contribution in [3.05, 3.63) is 12.2 Å². The normalized spacial score (nSPS) is 12.1. The minimum atomic E-state index is -0.256. The maximum Gasteiger partial charge on any atom is 0.333 e. The predicted octanol–water partition coefficient (Wildman–Crippen LogP) is 8.39. The van der Waals surface area contributed by atoms with Crippen molar-refractivity contribution < 1.29 is 9.53 Å². The van der Waals surface area contributed by atoms with Gasteiger partial charge in [0, 0.05) is 5.57 Å². The molecule has 160 valence electrons. The summed E-state index contributed by atoms with van der Waals surface area (Å²) in [6.07, 6.45) is 23.6. The monoisotopic (exact) mass is 380 g/mol. The standard InChI is InChI=1S/C25H48O2/c1-5-6-7-8-9-10-11-12-13-14-15-16-17-18-19-20-21-24(4)22-27-25(26)23(2)3/h24H,2,5-22H2,1,3-4H3. The van der Waals surface area contributed by atoms with Crippen molar-refractivity contribution in [3.8, 4) is 0 Å². The van der Waals surface area contributed by atoms with E-state index in [4.69, 9.17) is 4.74 Å². The Kier molecular flexibility index (Phi) is 19.4. The minimum Gasteiger partial charge on any atom is -0.462 e. The first-order valence-electron chi connectivity index (χ1n) is 11.9. The largest absolute Gasteiger partial charge is 0.462 e. The molecule has 0 spiro atoms. The molecule has 1 atom stereocenters. The van der Waals surface area contributed by atoms with E-state index in [1.807, 2.05) is 0 Å². The van der Waals surface area contributed by atoms with E-state index < -0.39 is 0 Å². The zero-order valence-electron chi connectivity index (χ0n) is 18.8. The average molecular weight is 381 g/mol. The van der Waals surface area contributed by atoms with Crippen LogP contribution in [0.5, 0.6) is 0 Å². The molecule has 0 aromatic heterocycles. The van der Waals surface area contributed by atoms with Crippen molar-refractivity contribution in [1.29, 1.82) is 0 Å². The summed E-state index contributed by atoms with van der Waals surface area (Å²) in [6, 6.07) is 0. The first-order chi connectivity index (χ1) is 13.1. The van der Waals surface area contributed by atoms with Crippen LogP contribution in [0.1, 0.15) is 130 Å². The van der Waals surface area contributed by atoms with Crippen LogP contribution in [0.3, 0.4) is 0 Å². The Balaban J connectivity index is 3.18. The zero-order valence-corrected chi connectivity index (χ0v) is 18.8. The summed E-state index contributed by atoms with van der Waals surface area (Å²) in [7, 11) is 0. The summed E-state index contributed by atoms with van der Waals surface area (Å²) in [4.78, 5) is 11.3. The summed E-state index contributed by atoms with van der Waals surface area (Å²) in [5.41, 5.74) is 0.490. The highest BCUT2D eigenvalue weighted by atomic mass is 16.5. The molecule has 0 aliphatic rings. The number of hydrogen-bond acceptors (Lipinski definition) is 2. The van der Waals surface area contributed by atoms with Crippen LogP contribution in [0.25, 0.3) is 0 Å². The van der Waals surface area contributed by atoms with Crippen molar-refractivity contribution in [2.45, 2.75) is 130 Å². The van der Waals surface area contributed by atoms with Gasteiger partial charge >= 0.3 is 5.97 Å². The van der Waals surface area contributed by atoms with E-state index >= 15 is 0 Å². The molecule has 2 heteroatoms. The van der Waals surface area contributed by atoms with Crippen molar-refractivity contribution in [2.24, 2.45) is 5.92 Å². The van der Waals surface area contributed by atoms with E-state index in [1.54, 1.807) is 6.92 Å². The lowest BCUT2D eigenvalue weighted by Gasteiger charge is -2.11. The Morgan fingerprint density at radius 3 is 1.48 bits per heavy atom. The molecule has 0 aromatic carbocycles. The fraction of sp³-hybridized carbons (Fsp3) is 0.880. The second-order valence-corrected chi connectivity index (χ2v) is 8.58. The number of esters is 1. The molecule has 0 aliphatic carbocycles. The average Bonchev–Trinajstić information content (AvgIpc) is 2.65. The number of unbranched alkanes of at least 4 members (excludes halogenated alkanes) is 15. The summed E-state index contributed by atoms with van der Waals surface area (Å²) < 4.78 is 5.21. The fourth-order valence-corrected chi connectivity index (χ4v) is 3.47. The highest BCUT2D eigenvalue weighted by Crippen LogP contribution is 2.15. The predicted molar refractivity (Wildman–Crippen MR) is 119 cm³/mol. The van der Waals surface area contributed by atoms with Gasteiger partial charge in [-0.1, -0.05) is 123 Å². The van der Waals surface area contributed by atoms with Gasteiger partial charge in [0.25, 0.3) is 0 Å². The molecule has 0 aromatic rings. The summed E-state index contributed by atoms with van der Waals surface area (Å²) in [6.45, 7) is 10.3. The van der Waals surface area contributed by atoms with Crippen molar-refractivity contribution in [3.63, 3.8) is 0 Å². The molecule has 2 nitrogen and oxygen atoms in total. The lowest BCUT2D eigenvalue weighted by atomic mass is 10.0. The molecule has 0 radical (unpaired) electrons. The van der Waals surface area contributed by atoms with Gasteiger partial charge < -0.3 is 4.74 Å². The lowest BCUT2D eigenvalue weighted by Crippen LogP contribution is -2.12. The molecule has 27 heavy (non-hydrogen) atoms. The number of rotatable bonds is 20. The van der Waals surface area contributed by atoms with Crippen molar-refractivity contribution in [1.82, 2.24) is 0 Å². The van der Waals surface area contributed by atoms with Crippen LogP contribution in [0.4, 0.5) is 0 Å². The molecule has 0 bridgehead atoms. The van der Waals surface area contributed by atoms with E-state index in [-0.39, 0.29) is 5.97 Å². The number of ether oxygens (including phenoxy) is 1. The van der Waals surface area contributed by atoms with E-state index in [2.05, 4.69) is 20.4 Å². The van der Waals surface area contributed by atoms with Crippen molar-refractivity contribution >= 4 is 5.97 Å². The number of carbonyl (C=O) groups is 1. The van der Waals surface area contributed by atoms with Gasteiger partial charge in [-0.2, -0.15) is 0 Å². The van der Waals surface area contributed by atoms with Crippen LogP contribution < -0.4 is 0 Å². The van der Waals surface area contributed by atoms with Crippen LogP contribution in [0.15, 0.2) is 12.2 Å². The highest BCUT2D eigenvalue weighted by molar-refractivity contribution is 5.86. The molecule has 0 saturated carbocycles. The maximum absolute atomic E-state index is 11.3. The number of hydrogen-bond donors (Lipinski definition) is 0. The van der Waals surface area contributed by atoms with Gasteiger partial charge in [-0.3, -0.25) is 0 Å². The summed E-state index contributed by atoms with van der Waals surface area (Å²) in [5.74, 6) is 0.203. The first-order valence-corrected chi connectivity index (χ1v) is 11.9. The Hall–Kier alpha value is -0.790. The van der Waals surface area contributed by atoms with Gasteiger partial charge in [-0.25, -0.2) is 4.79 Å². The SMILES string of the molecule is C=C(C)C(=O)OCC(C)CCCCCCCCCCCCCCCCCC. The zero-order chi connectivity index (χ0) is 20.2.